The van der Waals surface area contributed by atoms with Crippen LogP contribution in [0.1, 0.15) is 25.5 Å². The minimum Gasteiger partial charge on any atom is -0.342 e. The molecule has 2 fully saturated rings. The Morgan fingerprint density at radius 3 is 2.81 bits per heavy atom. The van der Waals surface area contributed by atoms with E-state index in [0.29, 0.717) is 24.8 Å². The molecule has 0 bridgehead atoms. The van der Waals surface area contributed by atoms with Crippen LogP contribution in [0.5, 0.6) is 0 Å². The van der Waals surface area contributed by atoms with Gasteiger partial charge in [0.2, 0.25) is 11.8 Å². The first-order valence-corrected chi connectivity index (χ1v) is 8.10. The van der Waals surface area contributed by atoms with Gasteiger partial charge in [-0.1, -0.05) is 6.07 Å². The molecule has 0 radical (unpaired) electrons. The second-order valence-electron chi connectivity index (χ2n) is 6.04. The van der Waals surface area contributed by atoms with Crippen molar-refractivity contribution in [3.05, 3.63) is 30.1 Å². The first-order chi connectivity index (χ1) is 9.97. The molecule has 2 saturated heterocycles. The fourth-order valence-corrected chi connectivity index (χ4v) is 3.55. The number of rotatable bonds is 2. The normalized spacial score (nSPS) is 25.1. The Kier molecular flexibility index (Phi) is 3.65. The number of hydrogen-bond donors (Lipinski definition) is 1. The molecule has 21 heavy (non-hydrogen) atoms. The summed E-state index contributed by atoms with van der Waals surface area (Å²) in [5, 5.41) is 2.84. The second kappa shape index (κ2) is 5.33. The summed E-state index contributed by atoms with van der Waals surface area (Å²) in [7, 11) is 0. The molecular formula is C15H19N3O2S. The van der Waals surface area contributed by atoms with E-state index in [2.05, 4.69) is 10.3 Å². The number of likely N-dealkylation sites (tertiary alicyclic amines) is 1. The number of nitrogens with one attached hydrogen (secondary N) is 1. The van der Waals surface area contributed by atoms with E-state index in [1.807, 2.05) is 36.9 Å². The minimum absolute atomic E-state index is 0.0264. The van der Waals surface area contributed by atoms with Crippen LogP contribution < -0.4 is 5.32 Å². The lowest BCUT2D eigenvalue weighted by atomic mass is 9.95. The van der Waals surface area contributed by atoms with E-state index in [1.54, 1.807) is 18.0 Å². The van der Waals surface area contributed by atoms with Crippen LogP contribution in [0.3, 0.4) is 0 Å². The molecule has 1 aromatic heterocycles. The van der Waals surface area contributed by atoms with Gasteiger partial charge in [0.05, 0.1) is 4.75 Å². The van der Waals surface area contributed by atoms with Crippen molar-refractivity contribution < 1.29 is 9.59 Å². The van der Waals surface area contributed by atoms with Crippen molar-refractivity contribution in [1.82, 2.24) is 15.2 Å². The van der Waals surface area contributed by atoms with Crippen LogP contribution in [0.25, 0.3) is 0 Å². The van der Waals surface area contributed by atoms with E-state index in [0.717, 1.165) is 5.69 Å². The van der Waals surface area contributed by atoms with E-state index in [-0.39, 0.29) is 17.9 Å². The van der Waals surface area contributed by atoms with Gasteiger partial charge in [-0.05, 0) is 26.0 Å². The van der Waals surface area contributed by atoms with Gasteiger partial charge in [-0.2, -0.15) is 0 Å². The highest BCUT2D eigenvalue weighted by molar-refractivity contribution is 8.01. The van der Waals surface area contributed by atoms with Crippen LogP contribution >= 0.6 is 11.8 Å². The second-order valence-corrected chi connectivity index (χ2v) is 7.68. The molecule has 0 aliphatic carbocycles. The van der Waals surface area contributed by atoms with Gasteiger partial charge in [0, 0.05) is 36.7 Å². The van der Waals surface area contributed by atoms with E-state index in [1.165, 1.54) is 0 Å². The van der Waals surface area contributed by atoms with Gasteiger partial charge in [-0.25, -0.2) is 0 Å². The predicted molar refractivity (Wildman–Crippen MR) is 82.0 cm³/mol. The summed E-state index contributed by atoms with van der Waals surface area (Å²) in [5.41, 5.74) is 1.03. The van der Waals surface area contributed by atoms with Crippen LogP contribution in [0.2, 0.25) is 0 Å². The van der Waals surface area contributed by atoms with E-state index < -0.39 is 4.75 Å². The van der Waals surface area contributed by atoms with Crippen LogP contribution in [0.15, 0.2) is 24.4 Å². The zero-order chi connectivity index (χ0) is 15.0. The number of carbonyl (C=O) groups is 2. The van der Waals surface area contributed by atoms with Crippen molar-refractivity contribution in [2.24, 2.45) is 0 Å². The van der Waals surface area contributed by atoms with Crippen LogP contribution in [0.4, 0.5) is 0 Å². The van der Waals surface area contributed by atoms with Crippen molar-refractivity contribution >= 4 is 23.6 Å². The van der Waals surface area contributed by atoms with Gasteiger partial charge in [-0.3, -0.25) is 14.6 Å². The molecule has 1 aromatic rings. The highest BCUT2D eigenvalue weighted by Gasteiger charge is 2.42. The fourth-order valence-electron chi connectivity index (χ4n) is 2.55. The number of nitrogens with zero attached hydrogens (tertiary/aromatic N) is 2. The molecule has 0 unspecified atom stereocenters. The fraction of sp³-hybridized carbons (Fsp3) is 0.533. The van der Waals surface area contributed by atoms with Gasteiger partial charge in [0.15, 0.2) is 0 Å². The Labute approximate surface area is 128 Å². The Hall–Kier alpha value is -1.56. The average molecular weight is 305 g/mol. The molecule has 6 heteroatoms. The Morgan fingerprint density at radius 2 is 2.19 bits per heavy atom. The predicted octanol–water partition coefficient (Wildman–Crippen LogP) is 1.02. The highest BCUT2D eigenvalue weighted by atomic mass is 32.2. The molecule has 0 aromatic carbocycles. The maximum Gasteiger partial charge on any atom is 0.246 e. The lowest BCUT2D eigenvalue weighted by molar-refractivity contribution is -0.140. The largest absolute Gasteiger partial charge is 0.342 e. The minimum atomic E-state index is -0.442. The molecule has 5 nitrogen and oxygen atoms in total. The smallest absolute Gasteiger partial charge is 0.246 e. The lowest BCUT2D eigenvalue weighted by Gasteiger charge is -2.42. The number of hydrogen-bond acceptors (Lipinski definition) is 4. The zero-order valence-corrected chi connectivity index (χ0v) is 13.0. The zero-order valence-electron chi connectivity index (χ0n) is 12.2. The van der Waals surface area contributed by atoms with Gasteiger partial charge in [0.1, 0.15) is 6.04 Å². The van der Waals surface area contributed by atoms with E-state index in [9.17, 15) is 9.59 Å². The van der Waals surface area contributed by atoms with Gasteiger partial charge in [0.25, 0.3) is 0 Å². The summed E-state index contributed by atoms with van der Waals surface area (Å²) in [6.45, 7) is 5.15. The van der Waals surface area contributed by atoms with Gasteiger partial charge in [-0.15, -0.1) is 11.8 Å². The maximum absolute atomic E-state index is 12.4. The number of amides is 2. The summed E-state index contributed by atoms with van der Waals surface area (Å²) in [6, 6.07) is 5.46. The summed E-state index contributed by atoms with van der Waals surface area (Å²) in [6.07, 6.45) is 1.78. The molecule has 0 saturated carbocycles. The summed E-state index contributed by atoms with van der Waals surface area (Å²) < 4.78 is -0.442. The molecule has 3 heterocycles. The Morgan fingerprint density at radius 1 is 1.43 bits per heavy atom. The van der Waals surface area contributed by atoms with Crippen LogP contribution in [0, 0.1) is 0 Å². The topological polar surface area (TPSA) is 62.3 Å². The molecule has 2 aliphatic heterocycles. The third kappa shape index (κ3) is 2.77. The maximum atomic E-state index is 12.4. The molecule has 112 valence electrons. The van der Waals surface area contributed by atoms with Crippen molar-refractivity contribution in [1.29, 1.82) is 0 Å². The summed E-state index contributed by atoms with van der Waals surface area (Å²) in [4.78, 5) is 30.5. The first-order valence-electron chi connectivity index (χ1n) is 7.12. The van der Waals surface area contributed by atoms with Crippen molar-refractivity contribution in [3.63, 3.8) is 0 Å². The molecule has 2 amide bonds. The molecule has 3 rings (SSSR count). The highest BCUT2D eigenvalue weighted by Crippen LogP contribution is 2.31. The number of carbonyl (C=O) groups excluding carboxylic acids is 2. The van der Waals surface area contributed by atoms with Crippen molar-refractivity contribution in [3.8, 4) is 0 Å². The Bertz CT molecular complexity index is 555. The Balaban J connectivity index is 1.56. The average Bonchev–Trinajstić information content (AvgIpc) is 2.41. The number of aromatic nitrogens is 1. The van der Waals surface area contributed by atoms with Crippen molar-refractivity contribution in [2.75, 3.05) is 18.8 Å². The third-order valence-electron chi connectivity index (χ3n) is 4.06. The standard InChI is InChI=1S/C15H19N3O2S/c1-15(2)14(20)17-12(9-21-15)13(19)18-7-10(8-18)11-5-3-4-6-16-11/h3-6,10,12H,7-9H2,1-2H3,(H,17,20)/t12-/m0/s1. The van der Waals surface area contributed by atoms with E-state index >= 15 is 0 Å². The van der Waals surface area contributed by atoms with Crippen LogP contribution in [-0.4, -0.2) is 51.3 Å². The summed E-state index contributed by atoms with van der Waals surface area (Å²) in [5.74, 6) is 0.929. The molecule has 0 spiro atoms. The quantitative estimate of drug-likeness (QED) is 0.886. The number of pyridine rings is 1. The third-order valence-corrected chi connectivity index (χ3v) is 5.47. The molecular weight excluding hydrogens is 286 g/mol. The SMILES string of the molecule is CC1(C)SC[C@@H](C(=O)N2CC(c3ccccn3)C2)NC1=O. The molecule has 1 N–H and O–H groups in total. The van der Waals surface area contributed by atoms with Gasteiger partial charge >= 0.3 is 0 Å². The lowest BCUT2D eigenvalue weighted by Crippen LogP contribution is -2.61. The van der Waals surface area contributed by atoms with E-state index in [4.69, 9.17) is 0 Å². The van der Waals surface area contributed by atoms with Crippen LogP contribution in [-0.2, 0) is 9.59 Å². The monoisotopic (exact) mass is 305 g/mol. The first kappa shape index (κ1) is 14.4. The summed E-state index contributed by atoms with van der Waals surface area (Å²) >= 11 is 1.54. The number of thioether (sulfide) groups is 1. The van der Waals surface area contributed by atoms with Gasteiger partial charge < -0.3 is 10.2 Å². The molecule has 1 atom stereocenters. The van der Waals surface area contributed by atoms with Crippen molar-refractivity contribution in [2.45, 2.75) is 30.6 Å². The molecule has 2 aliphatic rings.